The number of methoxy groups -OCH3 is 1. The van der Waals surface area contributed by atoms with Gasteiger partial charge in [-0.25, -0.2) is 0 Å². The summed E-state index contributed by atoms with van der Waals surface area (Å²) in [6, 6.07) is 15.3. The number of aliphatic hydroxyl groups is 1. The number of aliphatic hydroxyl groups excluding tert-OH is 1. The van der Waals surface area contributed by atoms with E-state index in [9.17, 15) is 14.7 Å². The lowest BCUT2D eigenvalue weighted by Gasteiger charge is -2.26. The molecule has 7 heteroatoms. The van der Waals surface area contributed by atoms with Crippen molar-refractivity contribution in [3.05, 3.63) is 99.8 Å². The Hall–Kier alpha value is -3.64. The topological polar surface area (TPSA) is 79.7 Å². The van der Waals surface area contributed by atoms with Crippen LogP contribution in [0.15, 0.2) is 72.6 Å². The lowest BCUT2D eigenvalue weighted by molar-refractivity contribution is -0.140. The number of likely N-dealkylation sites (tertiary alicyclic amines) is 1. The molecule has 0 saturated carbocycles. The second kappa shape index (κ2) is 9.69. The average molecular weight is 477 g/mol. The van der Waals surface area contributed by atoms with Crippen molar-refractivity contribution in [2.45, 2.75) is 32.4 Å². The highest BCUT2D eigenvalue weighted by atomic mass is 35.5. The number of ether oxygens (including phenoxy) is 1. The number of pyridine rings is 1. The molecule has 0 spiro atoms. The van der Waals surface area contributed by atoms with Crippen LogP contribution in [-0.2, 0) is 16.1 Å². The van der Waals surface area contributed by atoms with Crippen molar-refractivity contribution in [2.24, 2.45) is 0 Å². The SMILES string of the molecule is COc1cc(/C(O)=C2/C(=O)C(=O)N(Cc3ccncc3)C2c2ccc(C(C)C)cc2)ccc1Cl. The Labute approximate surface area is 203 Å². The van der Waals surface area contributed by atoms with Gasteiger partial charge in [-0.1, -0.05) is 49.7 Å². The van der Waals surface area contributed by atoms with Crippen molar-refractivity contribution >= 4 is 29.1 Å². The Morgan fingerprint density at radius 1 is 1.09 bits per heavy atom. The molecule has 1 aliphatic rings. The largest absolute Gasteiger partial charge is 0.507 e. The van der Waals surface area contributed by atoms with Crippen molar-refractivity contribution in [1.29, 1.82) is 0 Å². The molecule has 1 unspecified atom stereocenters. The normalized spacial score (nSPS) is 17.4. The molecule has 0 radical (unpaired) electrons. The molecule has 1 aliphatic heterocycles. The van der Waals surface area contributed by atoms with Gasteiger partial charge in [0.25, 0.3) is 11.7 Å². The van der Waals surface area contributed by atoms with Crippen LogP contribution in [0.1, 0.15) is 48.1 Å². The van der Waals surface area contributed by atoms with Crippen LogP contribution in [-0.4, -0.2) is 33.8 Å². The molecule has 4 rings (SSSR count). The highest BCUT2D eigenvalue weighted by molar-refractivity contribution is 6.46. The third-order valence-electron chi connectivity index (χ3n) is 5.99. The standard InChI is InChI=1S/C27H25ClN2O4/c1-16(2)18-4-6-19(7-5-18)24-23(25(31)20-8-9-21(28)22(14-20)34-3)26(32)27(33)30(24)15-17-10-12-29-13-11-17/h4-14,16,24,31H,15H2,1-3H3/b25-23-. The van der Waals surface area contributed by atoms with Crippen LogP contribution in [0.2, 0.25) is 5.02 Å². The molecule has 6 nitrogen and oxygen atoms in total. The van der Waals surface area contributed by atoms with Crippen LogP contribution in [0.4, 0.5) is 0 Å². The molecular formula is C27H25ClN2O4. The summed E-state index contributed by atoms with van der Waals surface area (Å²) >= 11 is 6.13. The molecular weight excluding hydrogens is 452 g/mol. The van der Waals surface area contributed by atoms with E-state index in [0.29, 0.717) is 22.3 Å². The first kappa shape index (κ1) is 23.5. The Morgan fingerprint density at radius 2 is 1.76 bits per heavy atom. The predicted octanol–water partition coefficient (Wildman–Crippen LogP) is 5.49. The number of halogens is 1. The summed E-state index contributed by atoms with van der Waals surface area (Å²) in [7, 11) is 1.47. The number of hydrogen-bond acceptors (Lipinski definition) is 5. The minimum atomic E-state index is -0.754. The molecule has 174 valence electrons. The van der Waals surface area contributed by atoms with Crippen molar-refractivity contribution < 1.29 is 19.4 Å². The minimum Gasteiger partial charge on any atom is -0.507 e. The molecule has 1 N–H and O–H groups in total. The van der Waals surface area contributed by atoms with Crippen molar-refractivity contribution in [1.82, 2.24) is 9.88 Å². The summed E-state index contributed by atoms with van der Waals surface area (Å²) < 4.78 is 5.26. The van der Waals surface area contributed by atoms with Gasteiger partial charge in [0.2, 0.25) is 0 Å². The number of Topliss-reactive ketones (excluding diaryl/α,β-unsaturated/α-hetero) is 1. The highest BCUT2D eigenvalue weighted by Gasteiger charge is 2.46. The monoisotopic (exact) mass is 476 g/mol. The average Bonchev–Trinajstić information content (AvgIpc) is 3.09. The number of carbonyl (C=O) groups is 2. The Bertz CT molecular complexity index is 1250. The third kappa shape index (κ3) is 4.41. The molecule has 1 amide bonds. The fourth-order valence-electron chi connectivity index (χ4n) is 4.10. The van der Waals surface area contributed by atoms with Crippen molar-refractivity contribution in [3.8, 4) is 5.75 Å². The first-order valence-electron chi connectivity index (χ1n) is 10.9. The van der Waals surface area contributed by atoms with Crippen LogP contribution >= 0.6 is 11.6 Å². The van der Waals surface area contributed by atoms with Crippen molar-refractivity contribution in [2.75, 3.05) is 7.11 Å². The number of amides is 1. The van der Waals surface area contributed by atoms with E-state index in [4.69, 9.17) is 16.3 Å². The fraction of sp³-hybridized carbons (Fsp3) is 0.222. The van der Waals surface area contributed by atoms with Gasteiger partial charge in [0.15, 0.2) is 0 Å². The number of hydrogen-bond donors (Lipinski definition) is 1. The van der Waals surface area contributed by atoms with Gasteiger partial charge < -0.3 is 14.7 Å². The number of aromatic nitrogens is 1. The van der Waals surface area contributed by atoms with E-state index in [1.54, 1.807) is 42.7 Å². The van der Waals surface area contributed by atoms with Gasteiger partial charge >= 0.3 is 0 Å². The summed E-state index contributed by atoms with van der Waals surface area (Å²) in [4.78, 5) is 31.9. The zero-order valence-corrected chi connectivity index (χ0v) is 19.9. The fourth-order valence-corrected chi connectivity index (χ4v) is 4.30. The zero-order valence-electron chi connectivity index (χ0n) is 19.2. The molecule has 1 aromatic heterocycles. The van der Waals surface area contributed by atoms with Crippen LogP contribution < -0.4 is 4.74 Å². The maximum absolute atomic E-state index is 13.2. The van der Waals surface area contributed by atoms with E-state index < -0.39 is 17.7 Å². The highest BCUT2D eigenvalue weighted by Crippen LogP contribution is 2.41. The van der Waals surface area contributed by atoms with Crippen LogP contribution in [0.25, 0.3) is 5.76 Å². The van der Waals surface area contributed by atoms with Gasteiger partial charge in [-0.2, -0.15) is 0 Å². The van der Waals surface area contributed by atoms with Gasteiger partial charge in [0, 0.05) is 24.5 Å². The van der Waals surface area contributed by atoms with E-state index in [2.05, 4.69) is 18.8 Å². The summed E-state index contributed by atoms with van der Waals surface area (Å²) in [5.41, 5.74) is 3.07. The summed E-state index contributed by atoms with van der Waals surface area (Å²) in [5.74, 6) is -0.993. The van der Waals surface area contributed by atoms with Gasteiger partial charge in [-0.15, -0.1) is 0 Å². The smallest absolute Gasteiger partial charge is 0.295 e. The molecule has 2 heterocycles. The molecule has 0 aliphatic carbocycles. The Kier molecular flexibility index (Phi) is 6.70. The molecule has 3 aromatic rings. The van der Waals surface area contributed by atoms with E-state index in [1.165, 1.54) is 12.0 Å². The number of ketones is 1. The second-order valence-electron chi connectivity index (χ2n) is 8.45. The Balaban J connectivity index is 1.86. The number of benzene rings is 2. The molecule has 1 atom stereocenters. The first-order chi connectivity index (χ1) is 16.3. The number of nitrogens with zero attached hydrogens (tertiary/aromatic N) is 2. The van der Waals surface area contributed by atoms with Gasteiger partial charge in [0.05, 0.1) is 23.7 Å². The van der Waals surface area contributed by atoms with E-state index >= 15 is 0 Å². The summed E-state index contributed by atoms with van der Waals surface area (Å²) in [5, 5.41) is 11.6. The summed E-state index contributed by atoms with van der Waals surface area (Å²) in [6.45, 7) is 4.39. The van der Waals surface area contributed by atoms with Crippen LogP contribution in [0.5, 0.6) is 5.75 Å². The third-order valence-corrected chi connectivity index (χ3v) is 6.30. The maximum atomic E-state index is 13.2. The van der Waals surface area contributed by atoms with E-state index in [-0.39, 0.29) is 17.9 Å². The van der Waals surface area contributed by atoms with Gasteiger partial charge in [0.1, 0.15) is 11.5 Å². The van der Waals surface area contributed by atoms with Gasteiger partial charge in [-0.05, 0) is 52.9 Å². The molecule has 1 saturated heterocycles. The Morgan fingerprint density at radius 3 is 2.38 bits per heavy atom. The molecule has 34 heavy (non-hydrogen) atoms. The number of carbonyl (C=O) groups excluding carboxylic acids is 2. The van der Waals surface area contributed by atoms with Crippen molar-refractivity contribution in [3.63, 3.8) is 0 Å². The lowest BCUT2D eigenvalue weighted by atomic mass is 9.93. The minimum absolute atomic E-state index is 0.0285. The predicted molar refractivity (Wildman–Crippen MR) is 131 cm³/mol. The lowest BCUT2D eigenvalue weighted by Crippen LogP contribution is -2.29. The van der Waals surface area contributed by atoms with E-state index in [1.807, 2.05) is 24.3 Å². The molecule has 2 aromatic carbocycles. The van der Waals surface area contributed by atoms with Gasteiger partial charge in [-0.3, -0.25) is 14.6 Å². The quantitative estimate of drug-likeness (QED) is 0.289. The van der Waals surface area contributed by atoms with Crippen LogP contribution in [0, 0.1) is 0 Å². The first-order valence-corrected chi connectivity index (χ1v) is 11.3. The molecule has 1 fully saturated rings. The molecule has 0 bridgehead atoms. The van der Waals surface area contributed by atoms with E-state index in [0.717, 1.165) is 16.7 Å². The second-order valence-corrected chi connectivity index (χ2v) is 8.86. The summed E-state index contributed by atoms with van der Waals surface area (Å²) in [6.07, 6.45) is 3.27. The number of rotatable bonds is 6. The zero-order chi connectivity index (χ0) is 24.4. The van der Waals surface area contributed by atoms with Crippen LogP contribution in [0.3, 0.4) is 0 Å². The maximum Gasteiger partial charge on any atom is 0.295 e.